The van der Waals surface area contributed by atoms with Crippen molar-refractivity contribution in [3.63, 3.8) is 0 Å². The Hall–Kier alpha value is -10.6. The van der Waals surface area contributed by atoms with E-state index in [1.54, 1.807) is 57.2 Å². The summed E-state index contributed by atoms with van der Waals surface area (Å²) in [7, 11) is 7.42. The van der Waals surface area contributed by atoms with E-state index in [0.29, 0.717) is 35.5 Å². The summed E-state index contributed by atoms with van der Waals surface area (Å²) in [5.74, 6) is -6.28. The summed E-state index contributed by atoms with van der Waals surface area (Å²) < 4.78 is 41.7. The number of rotatable bonds is 14. The minimum absolute atomic E-state index is 0.0275. The van der Waals surface area contributed by atoms with Crippen LogP contribution in [-0.2, 0) is 74.9 Å². The van der Waals surface area contributed by atoms with Gasteiger partial charge in [0.05, 0.1) is 44.9 Å². The summed E-state index contributed by atoms with van der Waals surface area (Å²) in [4.78, 5) is 151. The summed E-state index contributed by atoms with van der Waals surface area (Å²) in [5.41, 5.74) is 3.41. The van der Waals surface area contributed by atoms with Crippen molar-refractivity contribution in [2.45, 2.75) is 128 Å². The third kappa shape index (κ3) is 20.2. The molecule has 2 N–H and O–H groups in total. The normalized spacial score (nSPS) is 20.4. The van der Waals surface area contributed by atoms with E-state index in [-0.39, 0.29) is 76.6 Å². The minimum atomic E-state index is -1.66. The highest BCUT2D eigenvalue weighted by atomic mass is 16.6. The molecule has 2 aliphatic heterocycles. The van der Waals surface area contributed by atoms with Crippen LogP contribution in [0.2, 0.25) is 0 Å². The molecular formula is C81H97N7O17. The van der Waals surface area contributed by atoms with E-state index in [9.17, 15) is 33.6 Å². The lowest BCUT2D eigenvalue weighted by Gasteiger charge is -2.40. The molecule has 0 aromatic heterocycles. The number of carbonyl (C=O) groups is 10. The molecule has 2 bridgehead atoms. The number of esters is 2. The fourth-order valence-electron chi connectivity index (χ4n) is 13.0. The van der Waals surface area contributed by atoms with Gasteiger partial charge in [0, 0.05) is 59.2 Å². The second-order valence-corrected chi connectivity index (χ2v) is 28.3. The minimum Gasteiger partial charge on any atom is -0.493 e. The number of methoxy groups -OCH3 is 2. The molecule has 9 rings (SSSR count). The zero-order chi connectivity index (χ0) is 75.7. The predicted octanol–water partition coefficient (Wildman–Crippen LogP) is 8.97. The molecule has 5 atom stereocenters. The zero-order valence-corrected chi connectivity index (χ0v) is 61.8. The summed E-state index contributed by atoms with van der Waals surface area (Å²) in [6, 6.07) is 35.7. The molecule has 0 saturated carbocycles. The maximum atomic E-state index is 15.4. The first kappa shape index (κ1) is 78.5. The van der Waals surface area contributed by atoms with Crippen LogP contribution >= 0.6 is 0 Å². The lowest BCUT2D eigenvalue weighted by atomic mass is 9.87. The highest BCUT2D eigenvalue weighted by molar-refractivity contribution is 6.38. The third-order valence-corrected chi connectivity index (χ3v) is 19.3. The van der Waals surface area contributed by atoms with Gasteiger partial charge in [-0.15, -0.1) is 0 Å². The number of hydrogen-bond donors (Lipinski definition) is 2. The SMILES string of the molecule is CCCC[C@H]1C(=O)N[C@@H](Cc2ccc3ccccc3c2)C(=O)N(C)[C@@H](COC(C)(C)C)C(=O)NCC(=O)N(C)CCC=CC(=O)OCC(C)(C)C(=O)C(=O)N2CCN(C(=O)OCC3c4ccccc4-c4ccccc43)C[C@H]2C(=O)O[C@H](CCc2ccc(OC)c(OC)c2)c2cccc(c2)OCC(=O)N1C. The Labute approximate surface area is 613 Å². The fourth-order valence-corrected chi connectivity index (χ4v) is 13.0. The zero-order valence-electron chi connectivity index (χ0n) is 61.8. The Morgan fingerprint density at radius 1 is 0.676 bits per heavy atom. The van der Waals surface area contributed by atoms with Gasteiger partial charge in [0.1, 0.15) is 49.2 Å². The van der Waals surface area contributed by atoms with Gasteiger partial charge in [-0.25, -0.2) is 14.4 Å². The third-order valence-electron chi connectivity index (χ3n) is 19.3. The van der Waals surface area contributed by atoms with Gasteiger partial charge < -0.3 is 68.3 Å². The predicted molar refractivity (Wildman–Crippen MR) is 393 cm³/mol. The Kier molecular flexibility index (Phi) is 26.7. The van der Waals surface area contributed by atoms with Gasteiger partial charge in [0.2, 0.25) is 29.4 Å². The number of fused-ring (bicyclic) bond motifs is 7. The lowest BCUT2D eigenvalue weighted by molar-refractivity contribution is -0.166. The summed E-state index contributed by atoms with van der Waals surface area (Å²) in [6.45, 7) is 7.35. The maximum absolute atomic E-state index is 15.4. The number of piperazine rings is 1. The number of ether oxygens (including phenoxy) is 7. The molecule has 1 saturated heterocycles. The molecule has 0 unspecified atom stereocenters. The molecular weight excluding hydrogens is 1340 g/mol. The molecule has 0 radical (unpaired) electrons. The second-order valence-electron chi connectivity index (χ2n) is 28.3. The topological polar surface area (TPSA) is 276 Å². The molecule has 3 aliphatic rings. The van der Waals surface area contributed by atoms with Crippen LogP contribution in [0.3, 0.4) is 0 Å². The average molecular weight is 1440 g/mol. The Morgan fingerprint density at radius 2 is 1.36 bits per heavy atom. The van der Waals surface area contributed by atoms with Crippen molar-refractivity contribution in [2.24, 2.45) is 5.41 Å². The van der Waals surface area contributed by atoms with Crippen LogP contribution in [0.15, 0.2) is 146 Å². The van der Waals surface area contributed by atoms with Crippen molar-refractivity contribution in [2.75, 3.05) is 94.5 Å². The van der Waals surface area contributed by atoms with Crippen LogP contribution in [0.5, 0.6) is 17.2 Å². The second kappa shape index (κ2) is 35.7. The molecule has 1 aliphatic carbocycles. The van der Waals surface area contributed by atoms with E-state index in [4.69, 9.17) is 33.2 Å². The van der Waals surface area contributed by atoms with E-state index >= 15 is 14.4 Å². The number of benzene rings is 6. The number of aryl methyl sites for hydroxylation is 1. The van der Waals surface area contributed by atoms with Crippen molar-refractivity contribution < 1.29 is 81.1 Å². The molecule has 6 aromatic carbocycles. The standard InChI is InChI=1S/C81H97N7O17/c1-12-13-31-64-75(94)83-63(43-53-33-36-54-23-14-15-24-55(54)42-53)76(95)86(9)66(49-104-80(2,3)4)74(93)82-46-70(89)84(7)39-21-20-32-72(91)103-51-81(5,6)73(92)77(96)88-41-40-87(79(98)102-48-62-60-29-18-16-27-58(60)59-28-17-19-30-61(59)62)47-65(88)78(97)105-67(37-34-52-35-38-68(99-10)69(44-52)100-11)56-25-22-26-57(45-56)101-50-71(90)85(64)8/h14-20,22-30,32-33,35-36,38,42,44-45,62-67H,12-13,21,31,34,37,39-41,43,46-51H2,1-11H3,(H,82,93)(H,83,94)/t63-,64-,65-,66-,67+/m0/s1. The highest BCUT2D eigenvalue weighted by Crippen LogP contribution is 2.45. The number of Topliss-reactive ketones (excluding diaryl/α,β-unsaturated/α-hetero) is 1. The molecule has 1 fully saturated rings. The van der Waals surface area contributed by atoms with Gasteiger partial charge in [0.15, 0.2) is 18.1 Å². The van der Waals surface area contributed by atoms with Gasteiger partial charge in [-0.05, 0) is 134 Å². The Balaban J connectivity index is 1.04. The van der Waals surface area contributed by atoms with Crippen molar-refractivity contribution >= 4 is 70.0 Å². The van der Waals surface area contributed by atoms with Crippen LogP contribution in [-0.4, -0.2) is 208 Å². The largest absolute Gasteiger partial charge is 0.493 e. The quantitative estimate of drug-likeness (QED) is 0.0584. The summed E-state index contributed by atoms with van der Waals surface area (Å²) in [5, 5.41) is 7.48. The lowest BCUT2D eigenvalue weighted by Crippen LogP contribution is -2.62. The van der Waals surface area contributed by atoms with Gasteiger partial charge in [-0.1, -0.05) is 135 Å². The van der Waals surface area contributed by atoms with Crippen LogP contribution in [0, 0.1) is 5.41 Å². The van der Waals surface area contributed by atoms with Crippen LogP contribution in [0.1, 0.15) is 113 Å². The Morgan fingerprint density at radius 3 is 2.06 bits per heavy atom. The molecule has 24 nitrogen and oxygen atoms in total. The molecule has 7 amide bonds. The molecule has 6 aromatic rings. The number of nitrogens with one attached hydrogen (secondary N) is 2. The number of unbranched alkanes of at least 4 members (excludes halogenated alkanes) is 1. The number of hydrogen-bond acceptors (Lipinski definition) is 17. The van der Waals surface area contributed by atoms with E-state index < -0.39 is 127 Å². The monoisotopic (exact) mass is 1440 g/mol. The number of amides is 7. The number of ketones is 1. The van der Waals surface area contributed by atoms with Crippen LogP contribution in [0.4, 0.5) is 4.79 Å². The van der Waals surface area contributed by atoms with Gasteiger partial charge >= 0.3 is 18.0 Å². The molecule has 105 heavy (non-hydrogen) atoms. The van der Waals surface area contributed by atoms with Crippen molar-refractivity contribution in [3.8, 4) is 28.4 Å². The first-order valence-corrected chi connectivity index (χ1v) is 35.6. The van der Waals surface area contributed by atoms with Crippen molar-refractivity contribution in [1.29, 1.82) is 0 Å². The fraction of sp³-hybridized carbons (Fsp3) is 0.432. The molecule has 0 spiro atoms. The molecule has 24 heteroatoms. The van der Waals surface area contributed by atoms with E-state index in [0.717, 1.165) is 49.6 Å². The van der Waals surface area contributed by atoms with Crippen LogP contribution < -0.4 is 24.8 Å². The molecule has 2 heterocycles. The number of cyclic esters (lactones) is 2. The number of likely N-dealkylation sites (N-methyl/N-ethyl adjacent to an activating group) is 3. The van der Waals surface area contributed by atoms with Crippen molar-refractivity contribution in [1.82, 2.24) is 35.1 Å². The van der Waals surface area contributed by atoms with Gasteiger partial charge in [-0.3, -0.25) is 33.6 Å². The Bertz CT molecular complexity index is 4140. The first-order valence-electron chi connectivity index (χ1n) is 35.6. The maximum Gasteiger partial charge on any atom is 0.409 e. The van der Waals surface area contributed by atoms with E-state index in [2.05, 4.69) is 10.6 Å². The van der Waals surface area contributed by atoms with E-state index in [1.165, 1.54) is 74.9 Å². The summed E-state index contributed by atoms with van der Waals surface area (Å²) in [6.07, 6.45) is 2.53. The summed E-state index contributed by atoms with van der Waals surface area (Å²) >= 11 is 0. The smallest absolute Gasteiger partial charge is 0.409 e. The number of nitrogens with zero attached hydrogens (tertiary/aromatic N) is 5. The van der Waals surface area contributed by atoms with Gasteiger partial charge in [0.25, 0.3) is 11.8 Å². The van der Waals surface area contributed by atoms with E-state index in [1.807, 2.05) is 104 Å². The average Bonchev–Trinajstić information content (AvgIpc) is 1.65. The van der Waals surface area contributed by atoms with Gasteiger partial charge in [-0.2, -0.15) is 0 Å². The number of carbonyl (C=O) groups excluding carboxylic acids is 10. The highest BCUT2D eigenvalue weighted by Gasteiger charge is 2.46. The first-order chi connectivity index (χ1) is 50.2. The van der Waals surface area contributed by atoms with Crippen molar-refractivity contribution in [3.05, 3.63) is 173 Å². The molecule has 558 valence electrons. The van der Waals surface area contributed by atoms with Crippen LogP contribution in [0.25, 0.3) is 21.9 Å².